The Morgan fingerprint density at radius 2 is 1.96 bits per heavy atom. The van der Waals surface area contributed by atoms with Crippen LogP contribution in [0.5, 0.6) is 5.75 Å². The number of ether oxygens (including phenoxy) is 1. The van der Waals surface area contributed by atoms with E-state index in [1.807, 2.05) is 60.0 Å². The Kier molecular flexibility index (Phi) is 5.05. The highest BCUT2D eigenvalue weighted by atomic mass is 32.2. The number of carboxylic acids is 1. The van der Waals surface area contributed by atoms with Crippen LogP contribution in [-0.2, 0) is 11.3 Å². The molecule has 0 radical (unpaired) electrons. The zero-order valence-electron chi connectivity index (χ0n) is 13.3. The molecule has 3 aromatic rings. The van der Waals surface area contributed by atoms with Gasteiger partial charge in [0.05, 0.1) is 23.5 Å². The summed E-state index contributed by atoms with van der Waals surface area (Å²) < 4.78 is 7.84. The second-order valence-electron chi connectivity index (χ2n) is 5.31. The number of aromatic nitrogens is 2. The summed E-state index contributed by atoms with van der Waals surface area (Å²) in [6, 6.07) is 15.6. The molecule has 0 fully saturated rings. The van der Waals surface area contributed by atoms with E-state index in [9.17, 15) is 9.90 Å². The molecular weight excluding hydrogens is 324 g/mol. The molecule has 0 aliphatic heterocycles. The highest BCUT2D eigenvalue weighted by molar-refractivity contribution is 7.99. The molecular formula is C18H17N2O3S-. The zero-order chi connectivity index (χ0) is 16.9. The molecule has 0 spiro atoms. The molecule has 0 aliphatic carbocycles. The Bertz CT molecular complexity index is 860. The molecule has 5 nitrogen and oxygen atoms in total. The van der Waals surface area contributed by atoms with Crippen molar-refractivity contribution in [3.8, 4) is 5.75 Å². The minimum Gasteiger partial charge on any atom is -0.549 e. The Labute approximate surface area is 144 Å². The number of hydrogen-bond donors (Lipinski definition) is 0. The Balaban J connectivity index is 1.78. The molecule has 6 heteroatoms. The first kappa shape index (κ1) is 16.4. The van der Waals surface area contributed by atoms with Crippen LogP contribution in [-0.4, -0.2) is 27.9 Å². The molecule has 1 aromatic heterocycles. The minimum absolute atomic E-state index is 0.123. The third-order valence-electron chi connectivity index (χ3n) is 3.60. The highest BCUT2D eigenvalue weighted by Gasteiger charge is 2.11. The second kappa shape index (κ2) is 7.40. The molecule has 0 aliphatic rings. The van der Waals surface area contributed by atoms with Crippen molar-refractivity contribution in [2.24, 2.45) is 0 Å². The van der Waals surface area contributed by atoms with E-state index in [4.69, 9.17) is 4.74 Å². The van der Waals surface area contributed by atoms with Gasteiger partial charge < -0.3 is 19.2 Å². The largest absolute Gasteiger partial charge is 0.549 e. The molecule has 0 bridgehead atoms. The Morgan fingerprint density at radius 1 is 1.21 bits per heavy atom. The summed E-state index contributed by atoms with van der Waals surface area (Å²) in [6.45, 7) is 3.07. The van der Waals surface area contributed by atoms with E-state index >= 15 is 0 Å². The number of thioether (sulfide) groups is 1. The lowest BCUT2D eigenvalue weighted by Crippen LogP contribution is -2.24. The Morgan fingerprint density at radius 3 is 2.75 bits per heavy atom. The van der Waals surface area contributed by atoms with Crippen molar-refractivity contribution in [1.29, 1.82) is 0 Å². The van der Waals surface area contributed by atoms with Crippen LogP contribution < -0.4 is 9.84 Å². The van der Waals surface area contributed by atoms with Gasteiger partial charge in [0.15, 0.2) is 5.16 Å². The molecule has 3 rings (SSSR count). The maximum absolute atomic E-state index is 10.7. The van der Waals surface area contributed by atoms with Crippen LogP contribution in [0.25, 0.3) is 11.0 Å². The quantitative estimate of drug-likeness (QED) is 0.617. The van der Waals surface area contributed by atoms with Crippen molar-refractivity contribution in [3.05, 3.63) is 54.1 Å². The molecule has 24 heavy (non-hydrogen) atoms. The first-order valence-electron chi connectivity index (χ1n) is 7.61. The number of aryl methyl sites for hydroxylation is 1. The molecule has 0 unspecified atom stereocenters. The number of carbonyl (C=O) groups excluding carboxylic acids is 1. The van der Waals surface area contributed by atoms with Gasteiger partial charge in [0.25, 0.3) is 0 Å². The van der Waals surface area contributed by atoms with Gasteiger partial charge in [-0.05, 0) is 30.7 Å². The van der Waals surface area contributed by atoms with Gasteiger partial charge in [-0.15, -0.1) is 0 Å². The lowest BCUT2D eigenvalue weighted by molar-refractivity contribution is -0.301. The van der Waals surface area contributed by atoms with Crippen LogP contribution >= 0.6 is 11.8 Å². The third kappa shape index (κ3) is 3.71. The van der Waals surface area contributed by atoms with Gasteiger partial charge in [-0.3, -0.25) is 0 Å². The topological polar surface area (TPSA) is 67.2 Å². The maximum Gasteiger partial charge on any atom is 0.169 e. The van der Waals surface area contributed by atoms with Crippen LogP contribution in [0, 0.1) is 6.92 Å². The summed E-state index contributed by atoms with van der Waals surface area (Å²) in [5.74, 6) is -0.372. The molecule has 1 heterocycles. The number of aliphatic carboxylic acids is 1. The number of para-hydroxylation sites is 3. The van der Waals surface area contributed by atoms with E-state index in [1.54, 1.807) is 0 Å². The van der Waals surface area contributed by atoms with Crippen molar-refractivity contribution in [2.75, 3.05) is 12.4 Å². The average molecular weight is 341 g/mol. The summed E-state index contributed by atoms with van der Waals surface area (Å²) >= 11 is 1.16. The summed E-state index contributed by atoms with van der Waals surface area (Å²) in [4.78, 5) is 15.2. The number of imidazole rings is 1. The summed E-state index contributed by atoms with van der Waals surface area (Å²) in [5, 5.41) is 11.4. The van der Waals surface area contributed by atoms with Crippen molar-refractivity contribution in [3.63, 3.8) is 0 Å². The fraction of sp³-hybridized carbons (Fsp3) is 0.222. The maximum atomic E-state index is 10.7. The summed E-state index contributed by atoms with van der Waals surface area (Å²) in [5.41, 5.74) is 2.89. The molecule has 124 valence electrons. The fourth-order valence-corrected chi connectivity index (χ4v) is 3.22. The number of carboxylic acid groups (broad SMARTS) is 1. The standard InChI is InChI=1S/C18H18N2O3S/c1-13-6-2-5-9-16(13)23-11-10-20-15-8-4-3-7-14(15)19-18(20)24-12-17(21)22/h2-9H,10-12H2,1H3,(H,21,22)/p-1. The van der Waals surface area contributed by atoms with Gasteiger partial charge in [0, 0.05) is 5.75 Å². The molecule has 0 saturated carbocycles. The van der Waals surface area contributed by atoms with E-state index < -0.39 is 5.97 Å². The number of hydrogen-bond acceptors (Lipinski definition) is 5. The molecule has 0 N–H and O–H groups in total. The van der Waals surface area contributed by atoms with Gasteiger partial charge in [0.1, 0.15) is 12.4 Å². The van der Waals surface area contributed by atoms with E-state index in [-0.39, 0.29) is 5.75 Å². The zero-order valence-corrected chi connectivity index (χ0v) is 14.1. The van der Waals surface area contributed by atoms with Crippen molar-refractivity contribution < 1.29 is 14.6 Å². The van der Waals surface area contributed by atoms with Gasteiger partial charge in [0.2, 0.25) is 0 Å². The van der Waals surface area contributed by atoms with Gasteiger partial charge in [-0.25, -0.2) is 4.98 Å². The van der Waals surface area contributed by atoms with E-state index in [0.717, 1.165) is 34.1 Å². The van der Waals surface area contributed by atoms with E-state index in [0.29, 0.717) is 18.3 Å². The third-order valence-corrected chi connectivity index (χ3v) is 4.55. The van der Waals surface area contributed by atoms with E-state index in [2.05, 4.69) is 4.98 Å². The van der Waals surface area contributed by atoms with Crippen molar-refractivity contribution >= 4 is 28.8 Å². The van der Waals surface area contributed by atoms with Crippen LogP contribution in [0.15, 0.2) is 53.7 Å². The smallest absolute Gasteiger partial charge is 0.169 e. The highest BCUT2D eigenvalue weighted by Crippen LogP contribution is 2.24. The first-order chi connectivity index (χ1) is 11.6. The number of fused-ring (bicyclic) bond motifs is 1. The monoisotopic (exact) mass is 341 g/mol. The lowest BCUT2D eigenvalue weighted by Gasteiger charge is -2.12. The van der Waals surface area contributed by atoms with Crippen LogP contribution in [0.1, 0.15) is 5.56 Å². The van der Waals surface area contributed by atoms with Gasteiger partial charge in [-0.1, -0.05) is 42.1 Å². The van der Waals surface area contributed by atoms with Crippen molar-refractivity contribution in [1.82, 2.24) is 9.55 Å². The average Bonchev–Trinajstić information content (AvgIpc) is 2.93. The molecule has 0 saturated heterocycles. The number of rotatable bonds is 7. The molecule has 0 amide bonds. The van der Waals surface area contributed by atoms with Crippen molar-refractivity contribution in [2.45, 2.75) is 18.6 Å². The van der Waals surface area contributed by atoms with Crippen LogP contribution in [0.4, 0.5) is 0 Å². The number of carbonyl (C=O) groups is 1. The minimum atomic E-state index is -1.10. The second-order valence-corrected chi connectivity index (χ2v) is 6.25. The summed E-state index contributed by atoms with van der Waals surface area (Å²) in [6.07, 6.45) is 0. The predicted octanol–water partition coefficient (Wildman–Crippen LogP) is 2.27. The normalized spacial score (nSPS) is 10.9. The summed E-state index contributed by atoms with van der Waals surface area (Å²) in [7, 11) is 0. The first-order valence-corrected chi connectivity index (χ1v) is 8.60. The van der Waals surface area contributed by atoms with Crippen LogP contribution in [0.2, 0.25) is 0 Å². The molecule has 0 atom stereocenters. The van der Waals surface area contributed by atoms with E-state index in [1.165, 1.54) is 0 Å². The Hall–Kier alpha value is -2.47. The van der Waals surface area contributed by atoms with Gasteiger partial charge in [-0.2, -0.15) is 0 Å². The SMILES string of the molecule is Cc1ccccc1OCCn1c(SCC(=O)[O-])nc2ccccc21. The molecule has 2 aromatic carbocycles. The number of benzene rings is 2. The van der Waals surface area contributed by atoms with Gasteiger partial charge >= 0.3 is 0 Å². The fourth-order valence-electron chi connectivity index (χ4n) is 2.47. The number of nitrogens with zero attached hydrogens (tertiary/aromatic N) is 2. The van der Waals surface area contributed by atoms with Crippen LogP contribution in [0.3, 0.4) is 0 Å². The predicted molar refractivity (Wildman–Crippen MR) is 92.1 cm³/mol. The lowest BCUT2D eigenvalue weighted by atomic mass is 10.2.